The van der Waals surface area contributed by atoms with Crippen molar-refractivity contribution in [3.8, 4) is 0 Å². The summed E-state index contributed by atoms with van der Waals surface area (Å²) in [4.78, 5) is 34.3. The van der Waals surface area contributed by atoms with Crippen molar-refractivity contribution in [1.29, 1.82) is 0 Å². The van der Waals surface area contributed by atoms with Crippen LogP contribution in [-0.4, -0.2) is 48.3 Å². The zero-order valence-corrected chi connectivity index (χ0v) is 22.8. The zero-order chi connectivity index (χ0) is 26.2. The highest BCUT2D eigenvalue weighted by Crippen LogP contribution is 2.14. The molecular weight excluding hydrogens is 446 g/mol. The van der Waals surface area contributed by atoms with Crippen molar-refractivity contribution in [2.75, 3.05) is 13.2 Å². The largest absolute Gasteiger partial charge is 0.463 e. The first-order valence-electron chi connectivity index (χ1n) is 14.1. The predicted octanol–water partition coefficient (Wildman–Crippen LogP) is 6.00. The van der Waals surface area contributed by atoms with Gasteiger partial charge in [0, 0.05) is 13.3 Å². The Labute approximate surface area is 214 Å². The molecular formula is C28H53NO6. The molecule has 7 nitrogen and oxygen atoms in total. The quantitative estimate of drug-likeness (QED) is 0.125. The molecule has 1 unspecified atom stereocenters. The predicted molar refractivity (Wildman–Crippen MR) is 140 cm³/mol. The third-order valence-electron chi connectivity index (χ3n) is 6.11. The topological polar surface area (TPSA) is 102 Å². The fourth-order valence-corrected chi connectivity index (χ4v) is 3.97. The molecule has 0 aromatic carbocycles. The van der Waals surface area contributed by atoms with Gasteiger partial charge in [-0.3, -0.25) is 9.59 Å². The Morgan fingerprint density at radius 2 is 1.09 bits per heavy atom. The van der Waals surface area contributed by atoms with Gasteiger partial charge in [-0.15, -0.1) is 0 Å². The summed E-state index contributed by atoms with van der Waals surface area (Å²) in [5.74, 6) is -1.33. The molecule has 7 heteroatoms. The maximum atomic E-state index is 11.8. The average molecular weight is 500 g/mol. The first-order chi connectivity index (χ1) is 16.9. The summed E-state index contributed by atoms with van der Waals surface area (Å²) in [6.07, 6.45) is 21.2. The minimum absolute atomic E-state index is 0.209. The van der Waals surface area contributed by atoms with E-state index in [1.807, 2.05) is 0 Å². The lowest BCUT2D eigenvalue weighted by Gasteiger charge is -2.15. The highest BCUT2D eigenvalue weighted by Gasteiger charge is 2.17. The van der Waals surface area contributed by atoms with Crippen LogP contribution in [0.3, 0.4) is 0 Å². The van der Waals surface area contributed by atoms with E-state index in [0.29, 0.717) is 6.42 Å². The number of aliphatic hydroxyl groups is 1. The minimum atomic E-state index is -1.08. The number of amides is 1. The molecule has 0 aromatic heterocycles. The van der Waals surface area contributed by atoms with Crippen LogP contribution in [0.25, 0.3) is 0 Å². The molecule has 2 N–H and O–H groups in total. The number of hydrogen-bond acceptors (Lipinski definition) is 6. The van der Waals surface area contributed by atoms with Crippen LogP contribution in [0.1, 0.15) is 136 Å². The monoisotopic (exact) mass is 499 g/mol. The molecule has 0 saturated carbocycles. The van der Waals surface area contributed by atoms with Crippen LogP contribution in [0.2, 0.25) is 0 Å². The molecule has 0 aliphatic carbocycles. The molecule has 0 spiro atoms. The normalized spacial score (nSPS) is 12.7. The van der Waals surface area contributed by atoms with Gasteiger partial charge in [-0.1, -0.05) is 110 Å². The lowest BCUT2D eigenvalue weighted by Crippen LogP contribution is -2.39. The Hall–Kier alpha value is -1.63. The van der Waals surface area contributed by atoms with Crippen molar-refractivity contribution in [3.63, 3.8) is 0 Å². The Morgan fingerprint density at radius 3 is 1.51 bits per heavy atom. The summed E-state index contributed by atoms with van der Waals surface area (Å²) in [6.45, 7) is 4.57. The van der Waals surface area contributed by atoms with E-state index in [1.54, 1.807) is 0 Å². The van der Waals surface area contributed by atoms with Crippen molar-refractivity contribution < 1.29 is 29.0 Å². The van der Waals surface area contributed by atoms with Crippen LogP contribution in [0.4, 0.5) is 0 Å². The van der Waals surface area contributed by atoms with Gasteiger partial charge in [-0.2, -0.15) is 0 Å². The average Bonchev–Trinajstić information content (AvgIpc) is 2.82. The third-order valence-corrected chi connectivity index (χ3v) is 6.11. The van der Waals surface area contributed by atoms with E-state index < -0.39 is 18.1 Å². The van der Waals surface area contributed by atoms with Gasteiger partial charge >= 0.3 is 11.9 Å². The Bertz CT molecular complexity index is 540. The first-order valence-corrected chi connectivity index (χ1v) is 14.1. The molecule has 0 radical (unpaired) electrons. The number of esters is 2. The van der Waals surface area contributed by atoms with Gasteiger partial charge < -0.3 is 19.9 Å². The fourth-order valence-electron chi connectivity index (χ4n) is 3.97. The smallest absolute Gasteiger partial charge is 0.328 e. The van der Waals surface area contributed by atoms with E-state index in [2.05, 4.69) is 12.2 Å². The van der Waals surface area contributed by atoms with E-state index in [0.717, 1.165) is 19.3 Å². The van der Waals surface area contributed by atoms with Gasteiger partial charge in [0.15, 0.2) is 0 Å². The van der Waals surface area contributed by atoms with Crippen molar-refractivity contribution in [1.82, 2.24) is 5.32 Å². The maximum Gasteiger partial charge on any atom is 0.328 e. The minimum Gasteiger partial charge on any atom is -0.463 e. The molecule has 0 rings (SSSR count). The summed E-state index contributed by atoms with van der Waals surface area (Å²) in [5.41, 5.74) is 0. The molecule has 0 heterocycles. The highest BCUT2D eigenvalue weighted by atomic mass is 16.6. The van der Waals surface area contributed by atoms with Crippen LogP contribution < -0.4 is 5.32 Å². The fraction of sp³-hybridized carbons (Fsp3) is 0.893. The van der Waals surface area contributed by atoms with Crippen molar-refractivity contribution >= 4 is 17.8 Å². The second-order valence-corrected chi connectivity index (χ2v) is 9.80. The molecule has 0 aromatic rings. The standard InChI is InChI=1S/C28H53NO6/c1-4-5-6-7-8-9-10-11-12-13-14-15-16-17-18-19-20-21-27(32)34-22-26(31)23-35-28(33)24(2)29-25(3)30/h24,26,31H,4-23H2,1-3H3,(H,29,30)/t24-,26?/m0/s1. The molecule has 2 atom stereocenters. The number of hydrogen-bond donors (Lipinski definition) is 2. The molecule has 0 aliphatic heterocycles. The van der Waals surface area contributed by atoms with Crippen LogP contribution in [0.15, 0.2) is 0 Å². The number of rotatable bonds is 24. The Kier molecular flexibility index (Phi) is 23.0. The van der Waals surface area contributed by atoms with Crippen molar-refractivity contribution in [2.45, 2.75) is 148 Å². The highest BCUT2D eigenvalue weighted by molar-refractivity contribution is 5.82. The molecule has 0 bridgehead atoms. The van der Waals surface area contributed by atoms with Gasteiger partial charge in [0.05, 0.1) is 0 Å². The van der Waals surface area contributed by atoms with Gasteiger partial charge in [-0.25, -0.2) is 4.79 Å². The Balaban J connectivity index is 3.41. The molecule has 35 heavy (non-hydrogen) atoms. The van der Waals surface area contributed by atoms with E-state index in [1.165, 1.54) is 104 Å². The summed E-state index contributed by atoms with van der Waals surface area (Å²) >= 11 is 0. The van der Waals surface area contributed by atoms with Gasteiger partial charge in [0.25, 0.3) is 0 Å². The van der Waals surface area contributed by atoms with E-state index in [4.69, 9.17) is 9.47 Å². The van der Waals surface area contributed by atoms with Crippen molar-refractivity contribution in [3.05, 3.63) is 0 Å². The molecule has 1 amide bonds. The van der Waals surface area contributed by atoms with Crippen LogP contribution in [0, 0.1) is 0 Å². The van der Waals surface area contributed by atoms with Gasteiger partial charge in [-0.05, 0) is 13.3 Å². The summed E-state index contributed by atoms with van der Waals surface area (Å²) in [6, 6.07) is -0.790. The Morgan fingerprint density at radius 1 is 0.686 bits per heavy atom. The maximum absolute atomic E-state index is 11.8. The van der Waals surface area contributed by atoms with E-state index in [-0.39, 0.29) is 25.1 Å². The van der Waals surface area contributed by atoms with Crippen LogP contribution >= 0.6 is 0 Å². The zero-order valence-electron chi connectivity index (χ0n) is 22.8. The molecule has 0 fully saturated rings. The SMILES string of the molecule is CCCCCCCCCCCCCCCCCCCC(=O)OCC(O)COC(=O)[C@H](C)NC(C)=O. The number of aliphatic hydroxyl groups excluding tert-OH is 1. The van der Waals surface area contributed by atoms with Crippen LogP contribution in [-0.2, 0) is 23.9 Å². The van der Waals surface area contributed by atoms with Crippen LogP contribution in [0.5, 0.6) is 0 Å². The molecule has 0 aliphatic rings. The number of ether oxygens (including phenoxy) is 2. The second-order valence-electron chi connectivity index (χ2n) is 9.80. The third kappa shape index (κ3) is 23.9. The summed E-state index contributed by atoms with van der Waals surface area (Å²) in [5, 5.41) is 12.2. The van der Waals surface area contributed by atoms with Gasteiger partial charge in [0.2, 0.25) is 5.91 Å². The number of carbonyl (C=O) groups excluding carboxylic acids is 3. The summed E-state index contributed by atoms with van der Waals surface area (Å²) in [7, 11) is 0. The number of unbranched alkanes of at least 4 members (excludes halogenated alkanes) is 16. The molecule has 0 saturated heterocycles. The lowest BCUT2D eigenvalue weighted by molar-refractivity contribution is -0.154. The number of carbonyl (C=O) groups is 3. The second kappa shape index (κ2) is 24.1. The summed E-state index contributed by atoms with van der Waals surface area (Å²) < 4.78 is 9.94. The molecule has 206 valence electrons. The van der Waals surface area contributed by atoms with E-state index >= 15 is 0 Å². The van der Waals surface area contributed by atoms with Crippen molar-refractivity contribution in [2.24, 2.45) is 0 Å². The van der Waals surface area contributed by atoms with Gasteiger partial charge in [0.1, 0.15) is 25.4 Å². The first kappa shape index (κ1) is 33.4. The van der Waals surface area contributed by atoms with E-state index in [9.17, 15) is 19.5 Å². The number of nitrogens with one attached hydrogen (secondary N) is 1. The lowest BCUT2D eigenvalue weighted by atomic mass is 10.0.